The minimum absolute atomic E-state index is 0.0367. The lowest BCUT2D eigenvalue weighted by Crippen LogP contribution is -1.99. The Kier molecular flexibility index (Phi) is 5.08. The average Bonchev–Trinajstić information content (AvgIpc) is 2.82. The maximum atomic E-state index is 13.4. The molecule has 2 aromatic rings. The standard InChI is InChI=1S/C14H12F3NO2S/c1-8(19)21-11-3-10(18-5-11)7-20-6-9-2-13(16)14(17)4-12(9)15/h2-5,18H,6-7H2,1H3. The Hall–Kier alpha value is -1.73. The number of halogens is 3. The quantitative estimate of drug-likeness (QED) is 0.674. The van der Waals surface area contributed by atoms with E-state index >= 15 is 0 Å². The van der Waals surface area contributed by atoms with Crippen LogP contribution in [0.3, 0.4) is 0 Å². The Bertz CT molecular complexity index is 658. The van der Waals surface area contributed by atoms with Crippen LogP contribution < -0.4 is 0 Å². The molecule has 0 aliphatic carbocycles. The van der Waals surface area contributed by atoms with E-state index < -0.39 is 17.5 Å². The number of carbonyl (C=O) groups excluding carboxylic acids is 1. The second-order valence-electron chi connectivity index (χ2n) is 4.30. The van der Waals surface area contributed by atoms with Crippen LogP contribution >= 0.6 is 11.8 Å². The third-order valence-corrected chi connectivity index (χ3v) is 3.34. The molecule has 7 heteroatoms. The molecule has 0 bridgehead atoms. The van der Waals surface area contributed by atoms with Crippen molar-refractivity contribution in [3.05, 3.63) is 53.1 Å². The van der Waals surface area contributed by atoms with Crippen molar-refractivity contribution in [2.24, 2.45) is 0 Å². The lowest BCUT2D eigenvalue weighted by Gasteiger charge is -2.05. The van der Waals surface area contributed by atoms with Crippen molar-refractivity contribution in [3.8, 4) is 0 Å². The molecule has 0 atom stereocenters. The Morgan fingerprint density at radius 1 is 1.14 bits per heavy atom. The van der Waals surface area contributed by atoms with Gasteiger partial charge in [0.25, 0.3) is 0 Å². The molecular weight excluding hydrogens is 303 g/mol. The van der Waals surface area contributed by atoms with Gasteiger partial charge in [-0.15, -0.1) is 0 Å². The summed E-state index contributed by atoms with van der Waals surface area (Å²) in [5.74, 6) is -3.20. The van der Waals surface area contributed by atoms with Crippen molar-refractivity contribution >= 4 is 16.9 Å². The maximum absolute atomic E-state index is 13.4. The lowest BCUT2D eigenvalue weighted by molar-refractivity contribution is -0.109. The van der Waals surface area contributed by atoms with Crippen LogP contribution in [0.15, 0.2) is 29.3 Å². The van der Waals surface area contributed by atoms with Crippen molar-refractivity contribution in [2.75, 3.05) is 0 Å². The van der Waals surface area contributed by atoms with Gasteiger partial charge in [0.05, 0.1) is 13.2 Å². The summed E-state index contributed by atoms with van der Waals surface area (Å²) in [6.45, 7) is 1.41. The normalized spacial score (nSPS) is 10.9. The molecule has 0 amide bonds. The molecular formula is C14H12F3NO2S. The fraction of sp³-hybridized carbons (Fsp3) is 0.214. The van der Waals surface area contributed by atoms with E-state index in [-0.39, 0.29) is 23.9 Å². The Labute approximate surface area is 123 Å². The number of carbonyl (C=O) groups is 1. The van der Waals surface area contributed by atoms with Crippen molar-refractivity contribution in [2.45, 2.75) is 25.0 Å². The van der Waals surface area contributed by atoms with Crippen LogP contribution in [0.5, 0.6) is 0 Å². The van der Waals surface area contributed by atoms with E-state index in [1.54, 1.807) is 12.3 Å². The smallest absolute Gasteiger partial charge is 0.190 e. The third-order valence-electron chi connectivity index (χ3n) is 2.58. The molecule has 3 nitrogen and oxygen atoms in total. The summed E-state index contributed by atoms with van der Waals surface area (Å²) in [6.07, 6.45) is 1.66. The van der Waals surface area contributed by atoms with Crippen LogP contribution in [0, 0.1) is 17.5 Å². The number of H-pyrrole nitrogens is 1. The van der Waals surface area contributed by atoms with Gasteiger partial charge in [-0.05, 0) is 12.1 Å². The number of ether oxygens (including phenoxy) is 1. The summed E-state index contributed by atoms with van der Waals surface area (Å²) in [4.78, 5) is 14.6. The van der Waals surface area contributed by atoms with Crippen LogP contribution in [0.2, 0.25) is 0 Å². The van der Waals surface area contributed by atoms with Gasteiger partial charge in [-0.1, -0.05) is 11.8 Å². The highest BCUT2D eigenvalue weighted by Crippen LogP contribution is 2.20. The molecule has 0 aliphatic heterocycles. The molecule has 112 valence electrons. The van der Waals surface area contributed by atoms with Crippen LogP contribution in [0.4, 0.5) is 13.2 Å². The molecule has 0 saturated carbocycles. The number of hydrogen-bond donors (Lipinski definition) is 1. The molecule has 1 aromatic heterocycles. The van der Waals surface area contributed by atoms with E-state index in [9.17, 15) is 18.0 Å². The summed E-state index contributed by atoms with van der Waals surface area (Å²) in [7, 11) is 0. The fourth-order valence-corrected chi connectivity index (χ4v) is 2.32. The zero-order valence-electron chi connectivity index (χ0n) is 11.1. The fourth-order valence-electron chi connectivity index (χ4n) is 1.67. The summed E-state index contributed by atoms with van der Waals surface area (Å²) in [5.41, 5.74) is 0.639. The predicted molar refractivity (Wildman–Crippen MR) is 72.1 cm³/mol. The Morgan fingerprint density at radius 3 is 2.57 bits per heavy atom. The first-order valence-corrected chi connectivity index (χ1v) is 6.84. The first kappa shape index (κ1) is 15.7. The van der Waals surface area contributed by atoms with Crippen LogP contribution in [0.1, 0.15) is 18.2 Å². The van der Waals surface area contributed by atoms with E-state index in [4.69, 9.17) is 4.74 Å². The minimum Gasteiger partial charge on any atom is -0.370 e. The molecule has 1 N–H and O–H groups in total. The summed E-state index contributed by atoms with van der Waals surface area (Å²) in [5, 5.41) is -0.0367. The van der Waals surface area contributed by atoms with Crippen molar-refractivity contribution in [1.82, 2.24) is 4.98 Å². The zero-order valence-corrected chi connectivity index (χ0v) is 11.9. The average molecular weight is 315 g/mol. The van der Waals surface area contributed by atoms with Gasteiger partial charge < -0.3 is 9.72 Å². The maximum Gasteiger partial charge on any atom is 0.190 e. The molecule has 1 aromatic carbocycles. The highest BCUT2D eigenvalue weighted by Gasteiger charge is 2.10. The van der Waals surface area contributed by atoms with E-state index in [1.165, 1.54) is 6.92 Å². The second kappa shape index (κ2) is 6.82. The SMILES string of the molecule is CC(=O)Sc1c[nH]c(COCc2cc(F)c(F)cc2F)c1. The van der Waals surface area contributed by atoms with E-state index in [0.29, 0.717) is 11.8 Å². The number of benzene rings is 1. The number of aromatic nitrogens is 1. The topological polar surface area (TPSA) is 42.1 Å². The number of aromatic amines is 1. The first-order chi connectivity index (χ1) is 9.95. The van der Waals surface area contributed by atoms with E-state index in [2.05, 4.69) is 4.98 Å². The second-order valence-corrected chi connectivity index (χ2v) is 5.56. The predicted octanol–water partition coefficient (Wildman–Crippen LogP) is 3.79. The number of hydrogen-bond acceptors (Lipinski definition) is 3. The van der Waals surface area contributed by atoms with Crippen LogP contribution in [-0.2, 0) is 22.7 Å². The van der Waals surface area contributed by atoms with Gasteiger partial charge in [-0.3, -0.25) is 4.79 Å². The molecule has 0 saturated heterocycles. The Morgan fingerprint density at radius 2 is 1.86 bits per heavy atom. The van der Waals surface area contributed by atoms with Gasteiger partial charge >= 0.3 is 0 Å². The lowest BCUT2D eigenvalue weighted by atomic mass is 10.2. The third kappa shape index (κ3) is 4.37. The van der Waals surface area contributed by atoms with Gasteiger partial charge in [0, 0.05) is 35.3 Å². The summed E-state index contributed by atoms with van der Waals surface area (Å²) >= 11 is 1.08. The molecule has 0 radical (unpaired) electrons. The molecule has 2 rings (SSSR count). The zero-order chi connectivity index (χ0) is 15.4. The van der Waals surface area contributed by atoms with Gasteiger partial charge in [0.1, 0.15) is 5.82 Å². The van der Waals surface area contributed by atoms with Crippen molar-refractivity contribution in [1.29, 1.82) is 0 Å². The first-order valence-electron chi connectivity index (χ1n) is 6.02. The summed E-state index contributed by atoms with van der Waals surface area (Å²) in [6, 6.07) is 2.99. The molecule has 0 fully saturated rings. The monoisotopic (exact) mass is 315 g/mol. The van der Waals surface area contributed by atoms with Crippen molar-refractivity contribution < 1.29 is 22.7 Å². The van der Waals surface area contributed by atoms with E-state index in [1.807, 2.05) is 0 Å². The molecule has 0 aliphatic rings. The largest absolute Gasteiger partial charge is 0.370 e. The highest BCUT2D eigenvalue weighted by atomic mass is 32.2. The molecule has 0 spiro atoms. The summed E-state index contributed by atoms with van der Waals surface area (Å²) < 4.78 is 44.4. The van der Waals surface area contributed by atoms with Gasteiger partial charge in [0.2, 0.25) is 0 Å². The molecule has 21 heavy (non-hydrogen) atoms. The molecule has 0 unspecified atom stereocenters. The van der Waals surface area contributed by atoms with Gasteiger partial charge in [0.15, 0.2) is 16.7 Å². The van der Waals surface area contributed by atoms with E-state index in [0.717, 1.165) is 22.7 Å². The van der Waals surface area contributed by atoms with Gasteiger partial charge in [-0.2, -0.15) is 0 Å². The van der Waals surface area contributed by atoms with Crippen molar-refractivity contribution in [3.63, 3.8) is 0 Å². The Balaban J connectivity index is 1.91. The highest BCUT2D eigenvalue weighted by molar-refractivity contribution is 8.13. The molecule has 1 heterocycles. The van der Waals surface area contributed by atoms with Crippen LogP contribution in [0.25, 0.3) is 0 Å². The van der Waals surface area contributed by atoms with Crippen LogP contribution in [-0.4, -0.2) is 10.1 Å². The number of rotatable bonds is 5. The number of thioether (sulfide) groups is 1. The number of nitrogens with one attached hydrogen (secondary N) is 1. The van der Waals surface area contributed by atoms with Gasteiger partial charge in [-0.25, -0.2) is 13.2 Å². The minimum atomic E-state index is -1.23.